The molecule has 1 atom stereocenters. The van der Waals surface area contributed by atoms with E-state index < -0.39 is 5.92 Å². The second-order valence-corrected chi connectivity index (χ2v) is 7.62. The summed E-state index contributed by atoms with van der Waals surface area (Å²) in [5, 5.41) is 0. The molecule has 5 heteroatoms. The normalized spacial score (nSPS) is 16.5. The number of benzene rings is 3. The molecule has 1 N–H and O–H groups in total. The zero-order valence-electron chi connectivity index (χ0n) is 16.4. The number of aromatic amines is 1. The molecule has 4 aromatic rings. The van der Waals surface area contributed by atoms with Crippen LogP contribution in [0.15, 0.2) is 84.9 Å². The van der Waals surface area contributed by atoms with Crippen LogP contribution in [0.25, 0.3) is 11.0 Å². The third-order valence-electron chi connectivity index (χ3n) is 5.66. The van der Waals surface area contributed by atoms with Gasteiger partial charge in [0.05, 0.1) is 29.5 Å². The third kappa shape index (κ3) is 3.28. The van der Waals surface area contributed by atoms with Gasteiger partial charge in [-0.2, -0.15) is 0 Å². The maximum absolute atomic E-state index is 13.8. The van der Waals surface area contributed by atoms with Gasteiger partial charge in [-0.15, -0.1) is 0 Å². The molecular formula is C25H21N3O2. The number of rotatable bonds is 4. The van der Waals surface area contributed by atoms with Gasteiger partial charge in [-0.05, 0) is 23.3 Å². The number of carbonyl (C=O) groups excluding carboxylic acids is 2. The molecule has 30 heavy (non-hydrogen) atoms. The van der Waals surface area contributed by atoms with Crippen LogP contribution in [0, 0.1) is 0 Å². The lowest BCUT2D eigenvalue weighted by atomic mass is 9.90. The van der Waals surface area contributed by atoms with Crippen LogP contribution in [-0.4, -0.2) is 33.1 Å². The number of para-hydroxylation sites is 2. The van der Waals surface area contributed by atoms with Gasteiger partial charge in [0, 0.05) is 6.42 Å². The Hall–Kier alpha value is -3.73. The minimum atomic E-state index is -0.467. The Bertz CT molecular complexity index is 1130. The highest BCUT2D eigenvalue weighted by atomic mass is 16.2. The number of amides is 1. The van der Waals surface area contributed by atoms with Gasteiger partial charge in [0.2, 0.25) is 5.91 Å². The van der Waals surface area contributed by atoms with Crippen molar-refractivity contribution in [3.63, 3.8) is 0 Å². The van der Waals surface area contributed by atoms with Crippen LogP contribution in [0.3, 0.4) is 0 Å². The molecule has 0 saturated carbocycles. The quantitative estimate of drug-likeness (QED) is 0.562. The second kappa shape index (κ2) is 7.59. The Balaban J connectivity index is 1.55. The number of aromatic nitrogens is 2. The summed E-state index contributed by atoms with van der Waals surface area (Å²) in [6.45, 7) is 0.108. The first kappa shape index (κ1) is 18.3. The minimum absolute atomic E-state index is 0.0497. The van der Waals surface area contributed by atoms with Crippen LogP contribution in [-0.2, 0) is 9.59 Å². The van der Waals surface area contributed by atoms with E-state index in [1.165, 1.54) is 0 Å². The molecule has 3 aromatic carbocycles. The maximum Gasteiger partial charge on any atom is 0.235 e. The fraction of sp³-hybridized carbons (Fsp3) is 0.160. The molecule has 0 spiro atoms. The van der Waals surface area contributed by atoms with Crippen LogP contribution >= 0.6 is 0 Å². The summed E-state index contributed by atoms with van der Waals surface area (Å²) in [5.74, 6) is 0.165. The van der Waals surface area contributed by atoms with Gasteiger partial charge in [-0.25, -0.2) is 4.98 Å². The molecule has 0 radical (unpaired) electrons. The summed E-state index contributed by atoms with van der Waals surface area (Å²) in [7, 11) is 0. The van der Waals surface area contributed by atoms with Crippen LogP contribution in [0.5, 0.6) is 0 Å². The molecule has 0 aliphatic carbocycles. The minimum Gasteiger partial charge on any atom is -0.340 e. The average molecular weight is 395 g/mol. The number of fused-ring (bicyclic) bond motifs is 1. The molecule has 2 heterocycles. The number of likely N-dealkylation sites (tertiary alicyclic amines) is 1. The van der Waals surface area contributed by atoms with Crippen molar-refractivity contribution in [3.05, 3.63) is 102 Å². The Morgan fingerprint density at radius 1 is 0.900 bits per heavy atom. The van der Waals surface area contributed by atoms with Gasteiger partial charge in [0.25, 0.3) is 0 Å². The van der Waals surface area contributed by atoms with Crippen molar-refractivity contribution in [3.8, 4) is 0 Å². The van der Waals surface area contributed by atoms with Gasteiger partial charge >= 0.3 is 0 Å². The maximum atomic E-state index is 13.8. The summed E-state index contributed by atoms with van der Waals surface area (Å²) in [6, 6.07) is 26.8. The van der Waals surface area contributed by atoms with E-state index in [1.54, 1.807) is 4.90 Å². The Kier molecular flexibility index (Phi) is 4.64. The fourth-order valence-corrected chi connectivity index (χ4v) is 4.23. The Morgan fingerprint density at radius 2 is 1.50 bits per heavy atom. The van der Waals surface area contributed by atoms with E-state index in [1.807, 2.05) is 84.9 Å². The molecule has 1 amide bonds. The topological polar surface area (TPSA) is 66.1 Å². The highest BCUT2D eigenvalue weighted by molar-refractivity contribution is 5.94. The predicted molar refractivity (Wildman–Crippen MR) is 115 cm³/mol. The molecule has 148 valence electrons. The lowest BCUT2D eigenvalue weighted by molar-refractivity contribution is -0.134. The van der Waals surface area contributed by atoms with Crippen molar-refractivity contribution in [1.29, 1.82) is 0 Å². The molecule has 1 saturated heterocycles. The number of Topliss-reactive ketones (excluding diaryl/α,β-unsaturated/α-hetero) is 1. The molecule has 1 fully saturated rings. The molecule has 1 aromatic heterocycles. The number of hydrogen-bond donors (Lipinski definition) is 1. The summed E-state index contributed by atoms with van der Waals surface area (Å²) in [5.41, 5.74) is 3.57. The molecular weight excluding hydrogens is 374 g/mol. The SMILES string of the molecule is O=C1CC(c2nc3ccccc3[nH]2)N(C(=O)C(c2ccccc2)c2ccccc2)C1. The van der Waals surface area contributed by atoms with Crippen molar-refractivity contribution in [2.75, 3.05) is 6.54 Å². The van der Waals surface area contributed by atoms with Gasteiger partial charge in [0.15, 0.2) is 5.78 Å². The fourth-order valence-electron chi connectivity index (χ4n) is 4.23. The van der Waals surface area contributed by atoms with Crippen LogP contribution < -0.4 is 0 Å². The number of nitrogens with zero attached hydrogens (tertiary/aromatic N) is 2. The first-order valence-electron chi connectivity index (χ1n) is 10.1. The van der Waals surface area contributed by atoms with Crippen molar-refractivity contribution in [2.24, 2.45) is 0 Å². The molecule has 1 aliphatic rings. The molecule has 1 unspecified atom stereocenters. The lowest BCUT2D eigenvalue weighted by Gasteiger charge is -2.28. The van der Waals surface area contributed by atoms with E-state index in [4.69, 9.17) is 0 Å². The van der Waals surface area contributed by atoms with E-state index >= 15 is 0 Å². The highest BCUT2D eigenvalue weighted by Crippen LogP contribution is 2.35. The average Bonchev–Trinajstić information content (AvgIpc) is 3.39. The Labute approximate surface area is 174 Å². The molecule has 5 nitrogen and oxygen atoms in total. The highest BCUT2D eigenvalue weighted by Gasteiger charge is 2.40. The molecule has 0 bridgehead atoms. The Morgan fingerprint density at radius 3 is 2.13 bits per heavy atom. The second-order valence-electron chi connectivity index (χ2n) is 7.62. The predicted octanol–water partition coefficient (Wildman–Crippen LogP) is 4.24. The number of hydrogen-bond acceptors (Lipinski definition) is 3. The van der Waals surface area contributed by atoms with Crippen LogP contribution in [0.2, 0.25) is 0 Å². The largest absolute Gasteiger partial charge is 0.340 e. The van der Waals surface area contributed by atoms with Crippen LogP contribution in [0.4, 0.5) is 0 Å². The zero-order valence-corrected chi connectivity index (χ0v) is 16.4. The summed E-state index contributed by atoms with van der Waals surface area (Å²) in [4.78, 5) is 35.9. The number of H-pyrrole nitrogens is 1. The van der Waals surface area contributed by atoms with Crippen molar-refractivity contribution in [2.45, 2.75) is 18.4 Å². The monoisotopic (exact) mass is 395 g/mol. The smallest absolute Gasteiger partial charge is 0.235 e. The molecule has 5 rings (SSSR count). The number of imidazole rings is 1. The first-order chi connectivity index (χ1) is 14.7. The van der Waals surface area contributed by atoms with Crippen molar-refractivity contribution < 1.29 is 9.59 Å². The number of ketones is 1. The summed E-state index contributed by atoms with van der Waals surface area (Å²) in [6.07, 6.45) is 0.280. The number of nitrogens with one attached hydrogen (secondary N) is 1. The van der Waals surface area contributed by atoms with Gasteiger partial charge in [-0.1, -0.05) is 72.8 Å². The van der Waals surface area contributed by atoms with E-state index in [9.17, 15) is 9.59 Å². The summed E-state index contributed by atoms with van der Waals surface area (Å²) < 4.78 is 0. The van der Waals surface area contributed by atoms with Gasteiger partial charge < -0.3 is 9.88 Å². The third-order valence-corrected chi connectivity index (χ3v) is 5.66. The summed E-state index contributed by atoms with van der Waals surface area (Å²) >= 11 is 0. The van der Waals surface area contributed by atoms with E-state index in [0.717, 1.165) is 22.2 Å². The zero-order chi connectivity index (χ0) is 20.5. The van der Waals surface area contributed by atoms with Gasteiger partial charge in [-0.3, -0.25) is 9.59 Å². The van der Waals surface area contributed by atoms with E-state index in [2.05, 4.69) is 9.97 Å². The van der Waals surface area contributed by atoms with E-state index in [-0.39, 0.29) is 30.7 Å². The van der Waals surface area contributed by atoms with E-state index in [0.29, 0.717) is 5.82 Å². The van der Waals surface area contributed by atoms with Gasteiger partial charge in [0.1, 0.15) is 5.82 Å². The molecule has 1 aliphatic heterocycles. The lowest BCUT2D eigenvalue weighted by Crippen LogP contribution is -2.36. The van der Waals surface area contributed by atoms with Crippen molar-refractivity contribution in [1.82, 2.24) is 14.9 Å². The first-order valence-corrected chi connectivity index (χ1v) is 10.1. The standard InChI is InChI=1S/C25H21N3O2/c29-19-15-22(24-26-20-13-7-8-14-21(20)27-24)28(16-19)25(30)23(17-9-3-1-4-10-17)18-11-5-2-6-12-18/h1-14,22-23H,15-16H2,(H,26,27). The van der Waals surface area contributed by atoms with Crippen LogP contribution in [0.1, 0.15) is 35.3 Å². The number of carbonyl (C=O) groups is 2. The van der Waals surface area contributed by atoms with Crippen molar-refractivity contribution >= 4 is 22.7 Å².